The maximum Gasteiger partial charge on any atom is 0.224 e. The van der Waals surface area contributed by atoms with Crippen molar-refractivity contribution in [1.82, 2.24) is 4.90 Å². The maximum atomic E-state index is 12.5. The second-order valence-corrected chi connectivity index (χ2v) is 7.44. The van der Waals surface area contributed by atoms with Gasteiger partial charge in [-0.15, -0.1) is 0 Å². The predicted molar refractivity (Wildman–Crippen MR) is 113 cm³/mol. The molecule has 0 saturated heterocycles. The molecule has 4 rings (SSSR count). The Labute approximate surface area is 171 Å². The molecule has 2 heterocycles. The molecular weight excluding hydrogens is 364 g/mol. The Hall–Kier alpha value is -3.05. The van der Waals surface area contributed by atoms with Crippen molar-refractivity contribution in [3.8, 4) is 5.75 Å². The third-order valence-electron chi connectivity index (χ3n) is 5.38. The molecule has 0 radical (unpaired) electrons. The van der Waals surface area contributed by atoms with Gasteiger partial charge in [0.2, 0.25) is 5.91 Å². The molecule has 0 atom stereocenters. The SMILES string of the molecule is COc1ccccc1CCC(=O)Nc1ccc2c(c1)CN(Cc1ccoc1)CC2. The van der Waals surface area contributed by atoms with Crippen molar-refractivity contribution in [2.45, 2.75) is 32.4 Å². The number of furan rings is 1. The molecule has 3 aromatic rings. The van der Waals surface area contributed by atoms with Crippen LogP contribution in [0.4, 0.5) is 5.69 Å². The fourth-order valence-corrected chi connectivity index (χ4v) is 3.85. The number of benzene rings is 2. The van der Waals surface area contributed by atoms with Gasteiger partial charge in [-0.05, 0) is 53.8 Å². The van der Waals surface area contributed by atoms with Gasteiger partial charge in [0, 0.05) is 37.3 Å². The number of ether oxygens (including phenoxy) is 1. The molecule has 150 valence electrons. The highest BCUT2D eigenvalue weighted by atomic mass is 16.5. The predicted octanol–water partition coefficient (Wildman–Crippen LogP) is 4.42. The molecule has 0 fully saturated rings. The van der Waals surface area contributed by atoms with Crippen LogP contribution in [0.15, 0.2) is 65.5 Å². The second-order valence-electron chi connectivity index (χ2n) is 7.44. The first kappa shape index (κ1) is 19.3. The summed E-state index contributed by atoms with van der Waals surface area (Å²) in [6.45, 7) is 2.79. The number of carbonyl (C=O) groups is 1. The summed E-state index contributed by atoms with van der Waals surface area (Å²) in [6.07, 6.45) is 5.61. The maximum absolute atomic E-state index is 12.5. The fraction of sp³-hybridized carbons (Fsp3) is 0.292. The summed E-state index contributed by atoms with van der Waals surface area (Å²) in [4.78, 5) is 14.9. The molecule has 1 N–H and O–H groups in total. The van der Waals surface area contributed by atoms with E-state index in [1.54, 1.807) is 19.6 Å². The summed E-state index contributed by atoms with van der Waals surface area (Å²) >= 11 is 0. The van der Waals surface area contributed by atoms with Crippen molar-refractivity contribution in [3.63, 3.8) is 0 Å². The lowest BCUT2D eigenvalue weighted by Crippen LogP contribution is -2.30. The molecule has 1 aromatic heterocycles. The summed E-state index contributed by atoms with van der Waals surface area (Å²) < 4.78 is 10.5. The van der Waals surface area contributed by atoms with Crippen molar-refractivity contribution in [1.29, 1.82) is 0 Å². The summed E-state index contributed by atoms with van der Waals surface area (Å²) in [5.41, 5.74) is 5.74. The van der Waals surface area contributed by atoms with Crippen LogP contribution in [0, 0.1) is 0 Å². The summed E-state index contributed by atoms with van der Waals surface area (Å²) in [7, 11) is 1.65. The van der Waals surface area contributed by atoms with E-state index in [4.69, 9.17) is 9.15 Å². The van der Waals surface area contributed by atoms with Crippen molar-refractivity contribution in [2.75, 3.05) is 19.0 Å². The van der Waals surface area contributed by atoms with E-state index in [2.05, 4.69) is 22.3 Å². The van der Waals surface area contributed by atoms with Gasteiger partial charge < -0.3 is 14.5 Å². The molecule has 5 heteroatoms. The number of aryl methyl sites for hydroxylation is 1. The summed E-state index contributed by atoms with van der Waals surface area (Å²) in [5, 5.41) is 3.05. The minimum atomic E-state index is 0.0157. The molecule has 0 aliphatic carbocycles. The molecular formula is C24H26N2O3. The molecule has 1 amide bonds. The highest BCUT2D eigenvalue weighted by Crippen LogP contribution is 2.24. The molecule has 29 heavy (non-hydrogen) atoms. The Morgan fingerprint density at radius 1 is 1.17 bits per heavy atom. The van der Waals surface area contributed by atoms with Gasteiger partial charge in [-0.3, -0.25) is 9.69 Å². The van der Waals surface area contributed by atoms with Crippen LogP contribution in [0.1, 0.15) is 28.7 Å². The monoisotopic (exact) mass is 390 g/mol. The van der Waals surface area contributed by atoms with Gasteiger partial charge in [0.05, 0.1) is 19.6 Å². The molecule has 0 unspecified atom stereocenters. The van der Waals surface area contributed by atoms with Gasteiger partial charge in [-0.25, -0.2) is 0 Å². The molecule has 5 nitrogen and oxygen atoms in total. The van der Waals surface area contributed by atoms with Gasteiger partial charge >= 0.3 is 0 Å². The quantitative estimate of drug-likeness (QED) is 0.649. The minimum Gasteiger partial charge on any atom is -0.496 e. The highest BCUT2D eigenvalue weighted by Gasteiger charge is 2.17. The molecule has 1 aliphatic rings. The van der Waals surface area contributed by atoms with E-state index in [1.165, 1.54) is 16.7 Å². The first-order chi connectivity index (χ1) is 14.2. The van der Waals surface area contributed by atoms with E-state index in [-0.39, 0.29) is 5.91 Å². The zero-order valence-corrected chi connectivity index (χ0v) is 16.7. The first-order valence-electron chi connectivity index (χ1n) is 9.98. The number of fused-ring (bicyclic) bond motifs is 1. The van der Waals surface area contributed by atoms with Crippen LogP contribution in [-0.2, 0) is 30.7 Å². The van der Waals surface area contributed by atoms with Crippen LogP contribution in [0.2, 0.25) is 0 Å². The van der Waals surface area contributed by atoms with Crippen LogP contribution in [0.3, 0.4) is 0 Å². The van der Waals surface area contributed by atoms with Crippen molar-refractivity contribution in [3.05, 3.63) is 83.3 Å². The van der Waals surface area contributed by atoms with Gasteiger partial charge in [0.1, 0.15) is 5.75 Å². The van der Waals surface area contributed by atoms with E-state index in [9.17, 15) is 4.79 Å². The van der Waals surface area contributed by atoms with Crippen LogP contribution in [0.5, 0.6) is 5.75 Å². The lowest BCUT2D eigenvalue weighted by Gasteiger charge is -2.28. The first-order valence-corrected chi connectivity index (χ1v) is 9.98. The average Bonchev–Trinajstić information content (AvgIpc) is 3.25. The van der Waals surface area contributed by atoms with E-state index in [0.29, 0.717) is 12.8 Å². The number of rotatable bonds is 7. The Morgan fingerprint density at radius 3 is 2.90 bits per heavy atom. The smallest absolute Gasteiger partial charge is 0.224 e. The lowest BCUT2D eigenvalue weighted by molar-refractivity contribution is -0.116. The van der Waals surface area contributed by atoms with Crippen LogP contribution < -0.4 is 10.1 Å². The van der Waals surface area contributed by atoms with Crippen LogP contribution >= 0.6 is 0 Å². The third-order valence-corrected chi connectivity index (χ3v) is 5.38. The number of nitrogens with zero attached hydrogens (tertiary/aromatic N) is 1. The van der Waals surface area contributed by atoms with Crippen LogP contribution in [0.25, 0.3) is 0 Å². The average molecular weight is 390 g/mol. The zero-order valence-electron chi connectivity index (χ0n) is 16.7. The molecule has 0 spiro atoms. The number of anilines is 1. The van der Waals surface area contributed by atoms with Crippen LogP contribution in [-0.4, -0.2) is 24.5 Å². The Bertz CT molecular complexity index is 966. The number of nitrogens with one attached hydrogen (secondary N) is 1. The van der Waals surface area contributed by atoms with E-state index >= 15 is 0 Å². The van der Waals surface area contributed by atoms with Crippen molar-refractivity contribution >= 4 is 11.6 Å². The van der Waals surface area contributed by atoms with Gasteiger partial charge in [0.25, 0.3) is 0 Å². The minimum absolute atomic E-state index is 0.0157. The number of amides is 1. The molecule has 1 aliphatic heterocycles. The van der Waals surface area contributed by atoms with Gasteiger partial charge in [0.15, 0.2) is 0 Å². The zero-order chi connectivity index (χ0) is 20.1. The fourth-order valence-electron chi connectivity index (χ4n) is 3.85. The second kappa shape index (κ2) is 8.97. The number of para-hydroxylation sites is 1. The largest absolute Gasteiger partial charge is 0.496 e. The Balaban J connectivity index is 1.35. The number of carbonyl (C=O) groups excluding carboxylic acids is 1. The highest BCUT2D eigenvalue weighted by molar-refractivity contribution is 5.91. The van der Waals surface area contributed by atoms with Crippen molar-refractivity contribution < 1.29 is 13.9 Å². The molecule has 2 aromatic carbocycles. The topological polar surface area (TPSA) is 54.7 Å². The van der Waals surface area contributed by atoms with E-state index < -0.39 is 0 Å². The summed E-state index contributed by atoms with van der Waals surface area (Å²) in [5.74, 6) is 0.841. The van der Waals surface area contributed by atoms with E-state index in [1.807, 2.05) is 36.4 Å². The lowest BCUT2D eigenvalue weighted by atomic mass is 9.98. The number of hydrogen-bond donors (Lipinski definition) is 1. The molecule has 0 saturated carbocycles. The Morgan fingerprint density at radius 2 is 2.07 bits per heavy atom. The van der Waals surface area contributed by atoms with Gasteiger partial charge in [-0.2, -0.15) is 0 Å². The normalized spacial score (nSPS) is 13.7. The van der Waals surface area contributed by atoms with Crippen molar-refractivity contribution in [2.24, 2.45) is 0 Å². The van der Waals surface area contributed by atoms with E-state index in [0.717, 1.165) is 43.1 Å². The number of hydrogen-bond acceptors (Lipinski definition) is 4. The standard InChI is InChI=1S/C24H26N2O3/c1-28-23-5-3-2-4-20(23)7-9-24(27)25-22-8-6-19-10-12-26(16-21(19)14-22)15-18-11-13-29-17-18/h2-6,8,11,13-14,17H,7,9-10,12,15-16H2,1H3,(H,25,27). The number of methoxy groups -OCH3 is 1. The molecule has 0 bridgehead atoms. The Kier molecular flexibility index (Phi) is 5.96. The summed E-state index contributed by atoms with van der Waals surface area (Å²) in [6, 6.07) is 16.1. The third kappa shape index (κ3) is 4.87. The van der Waals surface area contributed by atoms with Gasteiger partial charge in [-0.1, -0.05) is 24.3 Å².